The molecule has 1 N–H and O–H groups in total. The molecule has 0 bridgehead atoms. The number of terminal acetylenes is 1. The third-order valence-corrected chi connectivity index (χ3v) is 1.66. The Kier molecular flexibility index (Phi) is 5.39. The number of nitriles is 1. The minimum Gasteiger partial charge on any atom is -0.354 e. The van der Waals surface area contributed by atoms with Crippen molar-refractivity contribution in [2.24, 2.45) is 11.8 Å². The lowest BCUT2D eigenvalue weighted by molar-refractivity contribution is -0.124. The molecule has 0 aliphatic carbocycles. The van der Waals surface area contributed by atoms with E-state index in [1.807, 2.05) is 19.9 Å². The number of amides is 1. The molecule has 1 amide bonds. The summed E-state index contributed by atoms with van der Waals surface area (Å²) < 4.78 is 0. The summed E-state index contributed by atoms with van der Waals surface area (Å²) in [6.07, 6.45) is 5.52. The van der Waals surface area contributed by atoms with Crippen LogP contribution in [-0.2, 0) is 4.79 Å². The predicted molar refractivity (Wildman–Crippen MR) is 50.4 cm³/mol. The molecule has 0 aromatic carbocycles. The van der Waals surface area contributed by atoms with Crippen LogP contribution in [0.25, 0.3) is 0 Å². The lowest BCUT2D eigenvalue weighted by Crippen LogP contribution is -2.33. The van der Waals surface area contributed by atoms with Gasteiger partial charge in [0, 0.05) is 13.0 Å². The van der Waals surface area contributed by atoms with Crippen molar-refractivity contribution < 1.29 is 4.79 Å². The Morgan fingerprint density at radius 1 is 1.62 bits per heavy atom. The average Bonchev–Trinajstić information content (AvgIpc) is 2.05. The molecule has 0 heterocycles. The van der Waals surface area contributed by atoms with Gasteiger partial charge in [0.25, 0.3) is 0 Å². The van der Waals surface area contributed by atoms with Gasteiger partial charge in [0.1, 0.15) is 5.92 Å². The van der Waals surface area contributed by atoms with E-state index in [1.165, 1.54) is 0 Å². The molecule has 1 atom stereocenters. The molecule has 0 aromatic rings. The zero-order chi connectivity index (χ0) is 10.3. The van der Waals surface area contributed by atoms with Crippen molar-refractivity contribution in [3.63, 3.8) is 0 Å². The van der Waals surface area contributed by atoms with Crippen LogP contribution in [0.2, 0.25) is 0 Å². The fourth-order valence-corrected chi connectivity index (χ4v) is 0.878. The van der Waals surface area contributed by atoms with Crippen molar-refractivity contribution >= 4 is 5.91 Å². The second kappa shape index (κ2) is 6.08. The maximum Gasteiger partial charge on any atom is 0.237 e. The van der Waals surface area contributed by atoms with Crippen LogP contribution in [0.15, 0.2) is 0 Å². The van der Waals surface area contributed by atoms with E-state index >= 15 is 0 Å². The Morgan fingerprint density at radius 2 is 2.23 bits per heavy atom. The van der Waals surface area contributed by atoms with Gasteiger partial charge in [0.2, 0.25) is 5.91 Å². The van der Waals surface area contributed by atoms with Crippen LogP contribution in [0.4, 0.5) is 0 Å². The first kappa shape index (κ1) is 11.5. The summed E-state index contributed by atoms with van der Waals surface area (Å²) in [5.74, 6) is 1.65. The monoisotopic (exact) mass is 178 g/mol. The SMILES string of the molecule is C#CCCNC(=O)C(C#N)C(C)C. The topological polar surface area (TPSA) is 52.9 Å². The van der Waals surface area contributed by atoms with Gasteiger partial charge in [0.05, 0.1) is 6.07 Å². The van der Waals surface area contributed by atoms with E-state index in [4.69, 9.17) is 11.7 Å². The Hall–Kier alpha value is -1.48. The maximum atomic E-state index is 11.3. The van der Waals surface area contributed by atoms with Crippen LogP contribution in [0.3, 0.4) is 0 Å². The number of hydrogen-bond acceptors (Lipinski definition) is 2. The summed E-state index contributed by atoms with van der Waals surface area (Å²) >= 11 is 0. The Morgan fingerprint density at radius 3 is 2.62 bits per heavy atom. The highest BCUT2D eigenvalue weighted by molar-refractivity contribution is 5.81. The smallest absolute Gasteiger partial charge is 0.237 e. The minimum absolute atomic E-state index is 0.0378. The van der Waals surface area contributed by atoms with Crippen molar-refractivity contribution in [3.05, 3.63) is 0 Å². The third-order valence-electron chi connectivity index (χ3n) is 1.66. The highest BCUT2D eigenvalue weighted by Gasteiger charge is 2.20. The van der Waals surface area contributed by atoms with E-state index in [1.54, 1.807) is 0 Å². The number of carbonyl (C=O) groups excluding carboxylic acids is 1. The molecule has 0 radical (unpaired) electrons. The number of rotatable bonds is 4. The van der Waals surface area contributed by atoms with E-state index in [9.17, 15) is 4.79 Å². The van der Waals surface area contributed by atoms with Gasteiger partial charge in [0.15, 0.2) is 0 Å². The van der Waals surface area contributed by atoms with Crippen molar-refractivity contribution in [1.29, 1.82) is 5.26 Å². The van der Waals surface area contributed by atoms with Crippen LogP contribution in [0.1, 0.15) is 20.3 Å². The Labute approximate surface area is 79.1 Å². The fourth-order valence-electron chi connectivity index (χ4n) is 0.878. The van der Waals surface area contributed by atoms with Gasteiger partial charge in [-0.3, -0.25) is 4.79 Å². The van der Waals surface area contributed by atoms with Gasteiger partial charge >= 0.3 is 0 Å². The second-order valence-corrected chi connectivity index (χ2v) is 3.10. The van der Waals surface area contributed by atoms with Crippen molar-refractivity contribution in [1.82, 2.24) is 5.32 Å². The molecule has 13 heavy (non-hydrogen) atoms. The van der Waals surface area contributed by atoms with Gasteiger partial charge in [-0.1, -0.05) is 13.8 Å². The lowest BCUT2D eigenvalue weighted by Gasteiger charge is -2.11. The van der Waals surface area contributed by atoms with Crippen molar-refractivity contribution in [2.45, 2.75) is 20.3 Å². The number of carbonyl (C=O) groups is 1. The molecule has 0 aromatic heterocycles. The standard InChI is InChI=1S/C10H14N2O/c1-4-5-6-12-10(13)9(7-11)8(2)3/h1,8-9H,5-6H2,2-3H3,(H,12,13). The lowest BCUT2D eigenvalue weighted by atomic mass is 9.97. The van der Waals surface area contributed by atoms with E-state index in [0.717, 1.165) is 0 Å². The molecule has 3 heteroatoms. The zero-order valence-corrected chi connectivity index (χ0v) is 8.00. The summed E-state index contributed by atoms with van der Waals surface area (Å²) in [5.41, 5.74) is 0. The van der Waals surface area contributed by atoms with Crippen LogP contribution in [-0.4, -0.2) is 12.5 Å². The summed E-state index contributed by atoms with van der Waals surface area (Å²) in [6.45, 7) is 4.13. The normalized spacial score (nSPS) is 11.5. The zero-order valence-electron chi connectivity index (χ0n) is 8.00. The maximum absolute atomic E-state index is 11.3. The Bertz CT molecular complexity index is 245. The highest BCUT2D eigenvalue weighted by Crippen LogP contribution is 2.08. The molecular formula is C10H14N2O. The largest absolute Gasteiger partial charge is 0.354 e. The van der Waals surface area contributed by atoms with Gasteiger partial charge < -0.3 is 5.32 Å². The molecule has 3 nitrogen and oxygen atoms in total. The molecule has 0 saturated carbocycles. The average molecular weight is 178 g/mol. The van der Waals surface area contributed by atoms with Crippen LogP contribution < -0.4 is 5.32 Å². The fraction of sp³-hybridized carbons (Fsp3) is 0.600. The molecule has 0 aliphatic heterocycles. The molecule has 0 fully saturated rings. The van der Waals surface area contributed by atoms with Gasteiger partial charge in [-0.25, -0.2) is 0 Å². The van der Waals surface area contributed by atoms with Gasteiger partial charge in [-0.2, -0.15) is 5.26 Å². The van der Waals surface area contributed by atoms with E-state index in [2.05, 4.69) is 11.2 Å². The van der Waals surface area contributed by atoms with E-state index < -0.39 is 5.92 Å². The van der Waals surface area contributed by atoms with Crippen molar-refractivity contribution in [2.75, 3.05) is 6.54 Å². The summed E-state index contributed by atoms with van der Waals surface area (Å²) in [6, 6.07) is 1.96. The summed E-state index contributed by atoms with van der Waals surface area (Å²) in [7, 11) is 0. The van der Waals surface area contributed by atoms with Gasteiger partial charge in [-0.05, 0) is 5.92 Å². The quantitative estimate of drug-likeness (QED) is 0.514. The predicted octanol–water partition coefficient (Wildman–Crippen LogP) is 0.922. The Balaban J connectivity index is 3.96. The van der Waals surface area contributed by atoms with Gasteiger partial charge in [-0.15, -0.1) is 12.3 Å². The number of nitrogens with one attached hydrogen (secondary N) is 1. The first-order valence-corrected chi connectivity index (χ1v) is 4.24. The van der Waals surface area contributed by atoms with Crippen LogP contribution in [0.5, 0.6) is 0 Å². The molecule has 1 unspecified atom stereocenters. The van der Waals surface area contributed by atoms with E-state index in [0.29, 0.717) is 13.0 Å². The molecule has 0 aliphatic rings. The molecule has 0 saturated heterocycles. The van der Waals surface area contributed by atoms with E-state index in [-0.39, 0.29) is 11.8 Å². The van der Waals surface area contributed by atoms with Crippen molar-refractivity contribution in [3.8, 4) is 18.4 Å². The molecule has 0 spiro atoms. The summed E-state index contributed by atoms with van der Waals surface area (Å²) in [4.78, 5) is 11.3. The molecule has 0 rings (SSSR count). The number of hydrogen-bond donors (Lipinski definition) is 1. The van der Waals surface area contributed by atoms with Crippen LogP contribution >= 0.6 is 0 Å². The molecular weight excluding hydrogens is 164 g/mol. The first-order valence-electron chi connectivity index (χ1n) is 4.24. The molecule has 70 valence electrons. The highest BCUT2D eigenvalue weighted by atomic mass is 16.1. The first-order chi connectivity index (χ1) is 6.13. The summed E-state index contributed by atoms with van der Waals surface area (Å²) in [5, 5.41) is 11.3. The second-order valence-electron chi connectivity index (χ2n) is 3.10. The minimum atomic E-state index is -0.572. The third kappa shape index (κ3) is 4.18. The van der Waals surface area contributed by atoms with Crippen LogP contribution in [0, 0.1) is 35.5 Å². The number of nitrogens with zero attached hydrogens (tertiary/aromatic N) is 1.